The van der Waals surface area contributed by atoms with Crippen molar-refractivity contribution in [3.8, 4) is 0 Å². The van der Waals surface area contributed by atoms with Crippen molar-refractivity contribution in [1.29, 1.82) is 0 Å². The molecular formula is C19H27N5O2. The van der Waals surface area contributed by atoms with Crippen molar-refractivity contribution < 1.29 is 4.79 Å². The number of amides is 1. The molecule has 1 fully saturated rings. The molecule has 26 heavy (non-hydrogen) atoms. The van der Waals surface area contributed by atoms with E-state index in [0.29, 0.717) is 18.0 Å². The van der Waals surface area contributed by atoms with E-state index in [1.54, 1.807) is 19.3 Å². The molecule has 140 valence electrons. The van der Waals surface area contributed by atoms with E-state index in [4.69, 9.17) is 0 Å². The Morgan fingerprint density at radius 2 is 2.15 bits per heavy atom. The second-order valence-electron chi connectivity index (χ2n) is 7.96. The van der Waals surface area contributed by atoms with Crippen molar-refractivity contribution in [1.82, 2.24) is 19.7 Å². The van der Waals surface area contributed by atoms with E-state index in [9.17, 15) is 9.59 Å². The zero-order chi connectivity index (χ0) is 18.9. The summed E-state index contributed by atoms with van der Waals surface area (Å²) in [5.74, 6) is 0.328. The summed E-state index contributed by atoms with van der Waals surface area (Å²) in [6, 6.07) is 3.47. The Labute approximate surface area is 153 Å². The molecule has 1 N–H and O–H groups in total. The van der Waals surface area contributed by atoms with Gasteiger partial charge in [0.1, 0.15) is 0 Å². The largest absolute Gasteiger partial charge is 0.370 e. The molecule has 0 aromatic carbocycles. The van der Waals surface area contributed by atoms with Crippen molar-refractivity contribution in [3.63, 3.8) is 0 Å². The Hall–Kier alpha value is -2.57. The molecule has 1 amide bonds. The second-order valence-corrected chi connectivity index (χ2v) is 7.96. The lowest BCUT2D eigenvalue weighted by atomic mass is 10.1. The number of carbonyl (C=O) groups excluding carboxylic acids is 1. The Balaban J connectivity index is 1.54. The van der Waals surface area contributed by atoms with Crippen LogP contribution in [0.5, 0.6) is 0 Å². The van der Waals surface area contributed by atoms with Crippen LogP contribution in [0.2, 0.25) is 0 Å². The molecule has 0 radical (unpaired) electrons. The van der Waals surface area contributed by atoms with E-state index in [-0.39, 0.29) is 17.0 Å². The van der Waals surface area contributed by atoms with Gasteiger partial charge in [-0.1, -0.05) is 0 Å². The zero-order valence-corrected chi connectivity index (χ0v) is 15.9. The summed E-state index contributed by atoms with van der Waals surface area (Å²) in [5.41, 5.74) is 1.39. The number of aryl methyl sites for hydroxylation is 1. The van der Waals surface area contributed by atoms with Crippen molar-refractivity contribution in [2.45, 2.75) is 32.7 Å². The Morgan fingerprint density at radius 3 is 2.81 bits per heavy atom. The topological polar surface area (TPSA) is 72.2 Å². The average molecular weight is 357 g/mol. The summed E-state index contributed by atoms with van der Waals surface area (Å²) in [5, 5.41) is 7.11. The SMILES string of the molecule is Cn1ncc(N2CC[C@H](CNC(=O)c3ccn(C(C)(C)C)c3)C2)cc1=O. The molecule has 1 atom stereocenters. The van der Waals surface area contributed by atoms with Crippen LogP contribution in [0.15, 0.2) is 35.5 Å². The van der Waals surface area contributed by atoms with Gasteiger partial charge in [-0.3, -0.25) is 9.59 Å². The van der Waals surface area contributed by atoms with Gasteiger partial charge < -0.3 is 14.8 Å². The van der Waals surface area contributed by atoms with Gasteiger partial charge in [-0.05, 0) is 39.2 Å². The first-order chi connectivity index (χ1) is 12.2. The van der Waals surface area contributed by atoms with Crippen LogP contribution in [0.3, 0.4) is 0 Å². The highest BCUT2D eigenvalue weighted by Crippen LogP contribution is 2.22. The van der Waals surface area contributed by atoms with E-state index in [1.807, 2.05) is 23.0 Å². The van der Waals surface area contributed by atoms with Gasteiger partial charge in [0.2, 0.25) is 0 Å². The quantitative estimate of drug-likeness (QED) is 0.902. The van der Waals surface area contributed by atoms with Crippen LogP contribution in [0.1, 0.15) is 37.6 Å². The van der Waals surface area contributed by atoms with E-state index in [2.05, 4.69) is 36.1 Å². The van der Waals surface area contributed by atoms with E-state index in [1.165, 1.54) is 4.68 Å². The van der Waals surface area contributed by atoms with Crippen LogP contribution in [0.25, 0.3) is 0 Å². The molecule has 0 aliphatic carbocycles. The number of nitrogens with one attached hydrogen (secondary N) is 1. The smallest absolute Gasteiger partial charge is 0.268 e. The maximum Gasteiger partial charge on any atom is 0.268 e. The van der Waals surface area contributed by atoms with Crippen LogP contribution in [0.4, 0.5) is 5.69 Å². The first kappa shape index (κ1) is 18.2. The average Bonchev–Trinajstić information content (AvgIpc) is 3.24. The molecule has 0 bridgehead atoms. The summed E-state index contributed by atoms with van der Waals surface area (Å²) < 4.78 is 3.36. The van der Waals surface area contributed by atoms with Crippen LogP contribution in [-0.2, 0) is 12.6 Å². The normalized spacial score (nSPS) is 17.5. The lowest BCUT2D eigenvalue weighted by molar-refractivity contribution is 0.0948. The third-order valence-electron chi connectivity index (χ3n) is 4.89. The molecule has 1 aliphatic rings. The molecule has 1 aliphatic heterocycles. The maximum atomic E-state index is 12.4. The van der Waals surface area contributed by atoms with Crippen LogP contribution < -0.4 is 15.8 Å². The zero-order valence-electron chi connectivity index (χ0n) is 15.9. The third-order valence-corrected chi connectivity index (χ3v) is 4.89. The molecule has 0 unspecified atom stereocenters. The van der Waals surface area contributed by atoms with Gasteiger partial charge in [0.05, 0.1) is 17.4 Å². The third kappa shape index (κ3) is 3.98. The number of hydrogen-bond donors (Lipinski definition) is 1. The second kappa shape index (κ2) is 6.97. The minimum absolute atomic E-state index is 0.0364. The fraction of sp³-hybridized carbons (Fsp3) is 0.526. The lowest BCUT2D eigenvalue weighted by Crippen LogP contribution is -2.31. The van der Waals surface area contributed by atoms with Crippen molar-refractivity contribution in [3.05, 3.63) is 46.6 Å². The molecule has 3 rings (SSSR count). The molecule has 1 saturated heterocycles. The number of carbonyl (C=O) groups is 1. The van der Waals surface area contributed by atoms with Gasteiger partial charge in [0.15, 0.2) is 0 Å². The monoisotopic (exact) mass is 357 g/mol. The Bertz CT molecular complexity index is 846. The molecule has 2 aromatic heterocycles. The van der Waals surface area contributed by atoms with Gasteiger partial charge >= 0.3 is 0 Å². The summed E-state index contributed by atoms with van der Waals surface area (Å²) in [7, 11) is 1.64. The van der Waals surface area contributed by atoms with Crippen LogP contribution >= 0.6 is 0 Å². The molecule has 0 saturated carbocycles. The van der Waals surface area contributed by atoms with Crippen LogP contribution in [-0.4, -0.2) is 39.9 Å². The molecule has 2 aromatic rings. The fourth-order valence-corrected chi connectivity index (χ4v) is 3.15. The van der Waals surface area contributed by atoms with Crippen LogP contribution in [0, 0.1) is 5.92 Å². The highest BCUT2D eigenvalue weighted by atomic mass is 16.1. The number of nitrogens with zero attached hydrogens (tertiary/aromatic N) is 4. The predicted molar refractivity (Wildman–Crippen MR) is 102 cm³/mol. The summed E-state index contributed by atoms with van der Waals surface area (Å²) in [4.78, 5) is 26.3. The molecule has 0 spiro atoms. The molecule has 7 heteroatoms. The minimum atomic E-state index is -0.109. The first-order valence-electron chi connectivity index (χ1n) is 8.99. The van der Waals surface area contributed by atoms with Crippen molar-refractivity contribution in [2.75, 3.05) is 24.5 Å². The summed E-state index contributed by atoms with van der Waals surface area (Å²) >= 11 is 0. The highest BCUT2D eigenvalue weighted by Gasteiger charge is 2.24. The maximum absolute atomic E-state index is 12.4. The molecule has 7 nitrogen and oxygen atoms in total. The number of aromatic nitrogens is 3. The van der Waals surface area contributed by atoms with Gasteiger partial charge in [0, 0.05) is 50.7 Å². The number of rotatable bonds is 4. The van der Waals surface area contributed by atoms with E-state index >= 15 is 0 Å². The lowest BCUT2D eigenvalue weighted by Gasteiger charge is -2.20. The predicted octanol–water partition coefficient (Wildman–Crippen LogP) is 1.59. The Kier molecular flexibility index (Phi) is 4.89. The van der Waals surface area contributed by atoms with Gasteiger partial charge in [-0.25, -0.2) is 4.68 Å². The summed E-state index contributed by atoms with van der Waals surface area (Å²) in [6.45, 7) is 8.64. The number of anilines is 1. The summed E-state index contributed by atoms with van der Waals surface area (Å²) in [6.07, 6.45) is 6.53. The first-order valence-corrected chi connectivity index (χ1v) is 8.99. The van der Waals surface area contributed by atoms with E-state index in [0.717, 1.165) is 25.2 Å². The Morgan fingerprint density at radius 1 is 1.38 bits per heavy atom. The van der Waals surface area contributed by atoms with Crippen molar-refractivity contribution >= 4 is 11.6 Å². The van der Waals surface area contributed by atoms with E-state index < -0.39 is 0 Å². The highest BCUT2D eigenvalue weighted by molar-refractivity contribution is 5.94. The number of hydrogen-bond acceptors (Lipinski definition) is 4. The van der Waals surface area contributed by atoms with Gasteiger partial charge in [-0.15, -0.1) is 0 Å². The standard InChI is InChI=1S/C19H27N5O2/c1-19(2,3)24-8-6-15(13-24)18(26)20-10-14-5-7-23(12-14)16-9-17(25)22(4)21-11-16/h6,8-9,11,13-14H,5,7,10,12H2,1-4H3,(H,20,26)/t14-/m1/s1. The van der Waals surface area contributed by atoms with Gasteiger partial charge in [0.25, 0.3) is 11.5 Å². The molecule has 3 heterocycles. The molecular weight excluding hydrogens is 330 g/mol. The fourth-order valence-electron chi connectivity index (χ4n) is 3.15. The van der Waals surface area contributed by atoms with Gasteiger partial charge in [-0.2, -0.15) is 5.10 Å². The van der Waals surface area contributed by atoms with Crippen molar-refractivity contribution in [2.24, 2.45) is 13.0 Å². The minimum Gasteiger partial charge on any atom is -0.370 e.